The first-order valence-electron chi connectivity index (χ1n) is 5.79. The molecule has 0 unspecified atom stereocenters. The van der Waals surface area contributed by atoms with Crippen LogP contribution in [0.1, 0.15) is 19.8 Å². The summed E-state index contributed by atoms with van der Waals surface area (Å²) in [6.45, 7) is 2.58. The second-order valence-corrected chi connectivity index (χ2v) is 4.71. The van der Waals surface area contributed by atoms with E-state index in [1.165, 1.54) is 0 Å². The molecule has 0 aromatic rings. The summed E-state index contributed by atoms with van der Waals surface area (Å²) in [5.41, 5.74) is -1.18. The Balaban J connectivity index is 1.97. The maximum absolute atomic E-state index is 11.9. The summed E-state index contributed by atoms with van der Waals surface area (Å²) in [5.74, 6) is -1.37. The summed E-state index contributed by atoms with van der Waals surface area (Å²) in [7, 11) is 0. The molecule has 0 spiro atoms. The van der Waals surface area contributed by atoms with E-state index in [0.29, 0.717) is 13.2 Å². The van der Waals surface area contributed by atoms with Crippen molar-refractivity contribution in [1.82, 2.24) is 5.32 Å². The molecule has 1 amide bonds. The van der Waals surface area contributed by atoms with Crippen LogP contribution in [0, 0.1) is 5.92 Å². The van der Waals surface area contributed by atoms with Crippen LogP contribution in [0.4, 0.5) is 0 Å². The highest BCUT2D eigenvalue weighted by Gasteiger charge is 2.49. The lowest BCUT2D eigenvalue weighted by molar-refractivity contribution is -0.156. The second kappa shape index (κ2) is 4.62. The van der Waals surface area contributed by atoms with Gasteiger partial charge >= 0.3 is 5.97 Å². The number of carbonyl (C=O) groups excluding carboxylic acids is 1. The Morgan fingerprint density at radius 3 is 2.53 bits per heavy atom. The maximum Gasteiger partial charge on any atom is 0.329 e. The third kappa shape index (κ3) is 2.58. The molecular weight excluding hydrogens is 226 g/mol. The van der Waals surface area contributed by atoms with E-state index in [1.807, 2.05) is 0 Å². The van der Waals surface area contributed by atoms with Crippen molar-refractivity contribution in [2.75, 3.05) is 19.8 Å². The second-order valence-electron chi connectivity index (χ2n) is 4.71. The zero-order valence-electron chi connectivity index (χ0n) is 9.77. The van der Waals surface area contributed by atoms with Gasteiger partial charge in [-0.2, -0.15) is 0 Å². The molecule has 1 aliphatic heterocycles. The van der Waals surface area contributed by atoms with Gasteiger partial charge in [0.15, 0.2) is 6.10 Å². The Labute approximate surface area is 99.3 Å². The van der Waals surface area contributed by atoms with Gasteiger partial charge in [-0.05, 0) is 25.7 Å². The first-order valence-corrected chi connectivity index (χ1v) is 5.79. The summed E-state index contributed by atoms with van der Waals surface area (Å²) in [5, 5.41) is 11.8. The molecule has 17 heavy (non-hydrogen) atoms. The van der Waals surface area contributed by atoms with Gasteiger partial charge in [-0.1, -0.05) is 0 Å². The number of carboxylic acids is 1. The largest absolute Gasteiger partial charge is 0.480 e. The predicted octanol–water partition coefficient (Wildman–Crippen LogP) is -0.229. The van der Waals surface area contributed by atoms with Crippen molar-refractivity contribution >= 4 is 11.9 Å². The van der Waals surface area contributed by atoms with Crippen molar-refractivity contribution in [2.45, 2.75) is 31.4 Å². The molecule has 0 aromatic carbocycles. The van der Waals surface area contributed by atoms with Gasteiger partial charge in [0.05, 0.1) is 19.8 Å². The zero-order chi connectivity index (χ0) is 12.5. The van der Waals surface area contributed by atoms with E-state index in [9.17, 15) is 14.7 Å². The Hall–Kier alpha value is -1.14. The van der Waals surface area contributed by atoms with E-state index in [-0.39, 0.29) is 12.5 Å². The van der Waals surface area contributed by atoms with Crippen LogP contribution in [0.25, 0.3) is 0 Å². The lowest BCUT2D eigenvalue weighted by Gasteiger charge is -2.29. The maximum atomic E-state index is 11.9. The molecule has 0 aromatic heterocycles. The number of nitrogens with one attached hydrogen (secondary N) is 1. The highest BCUT2D eigenvalue weighted by atomic mass is 16.6. The molecule has 2 rings (SSSR count). The Morgan fingerprint density at radius 2 is 2.06 bits per heavy atom. The number of aliphatic carboxylic acids is 1. The topological polar surface area (TPSA) is 84.9 Å². The van der Waals surface area contributed by atoms with Gasteiger partial charge in [-0.15, -0.1) is 0 Å². The van der Waals surface area contributed by atoms with Crippen LogP contribution in [0.5, 0.6) is 0 Å². The van der Waals surface area contributed by atoms with Gasteiger partial charge in [0.2, 0.25) is 0 Å². The summed E-state index contributed by atoms with van der Waals surface area (Å²) < 4.78 is 10.4. The van der Waals surface area contributed by atoms with Crippen LogP contribution in [0.15, 0.2) is 0 Å². The number of rotatable bonds is 4. The third-order valence-corrected chi connectivity index (χ3v) is 3.33. The number of ether oxygens (including phenoxy) is 2. The highest BCUT2D eigenvalue weighted by molar-refractivity contribution is 5.89. The van der Waals surface area contributed by atoms with Crippen molar-refractivity contribution in [1.29, 1.82) is 0 Å². The fraction of sp³-hybridized carbons (Fsp3) is 0.818. The fourth-order valence-corrected chi connectivity index (χ4v) is 1.97. The van der Waals surface area contributed by atoms with Crippen molar-refractivity contribution < 1.29 is 24.2 Å². The molecule has 2 atom stereocenters. The number of carbonyl (C=O) groups is 2. The van der Waals surface area contributed by atoms with Crippen molar-refractivity contribution in [3.63, 3.8) is 0 Å². The van der Waals surface area contributed by atoms with Crippen molar-refractivity contribution in [3.05, 3.63) is 0 Å². The molecule has 96 valence electrons. The number of carboxylic acid groups (broad SMARTS) is 1. The van der Waals surface area contributed by atoms with E-state index >= 15 is 0 Å². The smallest absolute Gasteiger partial charge is 0.329 e. The summed E-state index contributed by atoms with van der Waals surface area (Å²) in [4.78, 5) is 23.1. The third-order valence-electron chi connectivity index (χ3n) is 3.33. The first-order chi connectivity index (χ1) is 8.04. The minimum atomic E-state index is -1.18. The predicted molar refractivity (Wildman–Crippen MR) is 57.5 cm³/mol. The van der Waals surface area contributed by atoms with Gasteiger partial charge < -0.3 is 19.9 Å². The normalized spacial score (nSPS) is 28.2. The Morgan fingerprint density at radius 1 is 1.35 bits per heavy atom. The van der Waals surface area contributed by atoms with E-state index < -0.39 is 23.5 Å². The van der Waals surface area contributed by atoms with Crippen LogP contribution in [0.3, 0.4) is 0 Å². The van der Waals surface area contributed by atoms with Crippen LogP contribution >= 0.6 is 0 Å². The molecule has 2 fully saturated rings. The molecule has 0 radical (unpaired) electrons. The summed E-state index contributed by atoms with van der Waals surface area (Å²) >= 11 is 0. The number of hydrogen-bond donors (Lipinski definition) is 2. The van der Waals surface area contributed by atoms with Gasteiger partial charge in [-0.25, -0.2) is 4.79 Å². The van der Waals surface area contributed by atoms with Gasteiger partial charge in [-0.3, -0.25) is 4.79 Å². The number of hydrogen-bond acceptors (Lipinski definition) is 4. The number of amides is 1. The minimum absolute atomic E-state index is 0.0217. The molecule has 0 bridgehead atoms. The molecule has 1 heterocycles. The Kier molecular flexibility index (Phi) is 3.35. The molecule has 1 saturated heterocycles. The zero-order valence-corrected chi connectivity index (χ0v) is 9.77. The van der Waals surface area contributed by atoms with E-state index in [2.05, 4.69) is 5.32 Å². The quantitative estimate of drug-likeness (QED) is 0.712. The van der Waals surface area contributed by atoms with Crippen molar-refractivity contribution in [3.8, 4) is 0 Å². The molecule has 1 aliphatic carbocycles. The van der Waals surface area contributed by atoms with Gasteiger partial charge in [0, 0.05) is 0 Å². The molecule has 1 saturated carbocycles. The molecule has 2 aliphatic rings. The van der Waals surface area contributed by atoms with Crippen LogP contribution < -0.4 is 5.32 Å². The molecule has 6 heteroatoms. The van der Waals surface area contributed by atoms with E-state index in [4.69, 9.17) is 9.47 Å². The average Bonchev–Trinajstić information content (AvgIpc) is 3.13. The van der Waals surface area contributed by atoms with Crippen molar-refractivity contribution in [2.24, 2.45) is 5.92 Å². The van der Waals surface area contributed by atoms with E-state index in [1.54, 1.807) is 6.92 Å². The van der Waals surface area contributed by atoms with Gasteiger partial charge in [0.1, 0.15) is 5.54 Å². The SMILES string of the molecule is C[C@@](NC(=O)[C@H]1COCCO1)(C(=O)O)C1CC1. The lowest BCUT2D eigenvalue weighted by Crippen LogP contribution is -2.58. The van der Waals surface area contributed by atoms with Crippen LogP contribution in [-0.2, 0) is 19.1 Å². The molecule has 2 N–H and O–H groups in total. The van der Waals surface area contributed by atoms with E-state index in [0.717, 1.165) is 12.8 Å². The standard InChI is InChI=1S/C11H17NO5/c1-11(10(14)15,7-2-3-7)12-9(13)8-6-16-4-5-17-8/h7-8H,2-6H2,1H3,(H,12,13)(H,14,15)/t8-,11+/m1/s1. The fourth-order valence-electron chi connectivity index (χ4n) is 1.97. The van der Waals surface area contributed by atoms with Gasteiger partial charge in [0.25, 0.3) is 5.91 Å². The lowest BCUT2D eigenvalue weighted by atomic mass is 9.95. The van der Waals surface area contributed by atoms with Crippen LogP contribution in [0.2, 0.25) is 0 Å². The monoisotopic (exact) mass is 243 g/mol. The average molecular weight is 243 g/mol. The highest BCUT2D eigenvalue weighted by Crippen LogP contribution is 2.39. The molecule has 6 nitrogen and oxygen atoms in total. The summed E-state index contributed by atoms with van der Waals surface area (Å²) in [6.07, 6.45) is 0.983. The Bertz CT molecular complexity index is 322. The first kappa shape index (κ1) is 12.3. The van der Waals surface area contributed by atoms with Crippen LogP contribution in [-0.4, -0.2) is 48.4 Å². The molecular formula is C11H17NO5. The summed E-state index contributed by atoms with van der Waals surface area (Å²) in [6, 6.07) is 0. The minimum Gasteiger partial charge on any atom is -0.480 e.